The molecule has 6 nitrogen and oxygen atoms in total. The third-order valence-corrected chi connectivity index (χ3v) is 2.13. The molecule has 5 atom stereocenters. The summed E-state index contributed by atoms with van der Waals surface area (Å²) < 4.78 is 4.82. The quantitative estimate of drug-likeness (QED) is 0.457. The summed E-state index contributed by atoms with van der Waals surface area (Å²) >= 11 is 0. The van der Waals surface area contributed by atoms with Crippen molar-refractivity contribution in [3.05, 3.63) is 0 Å². The predicted octanol–water partition coefficient (Wildman–Crippen LogP) is -17.7. The van der Waals surface area contributed by atoms with Crippen LogP contribution < -0.4 is 102 Å². The Labute approximate surface area is 149 Å². The molecule has 1 aliphatic rings. The Morgan fingerprint density at radius 1 is 0.824 bits per heavy atom. The second-order valence-electron chi connectivity index (χ2n) is 3.01. The van der Waals surface area contributed by atoms with Crippen LogP contribution in [0.1, 0.15) is 0 Å². The molecular formula is C7H11Li4NO5. The van der Waals surface area contributed by atoms with Gasteiger partial charge in [-0.15, -0.1) is 24.9 Å². The first-order valence-electron chi connectivity index (χ1n) is 4.03. The first-order chi connectivity index (χ1) is 6.11. The fourth-order valence-corrected chi connectivity index (χ4v) is 1.31. The van der Waals surface area contributed by atoms with Crippen molar-refractivity contribution in [1.82, 2.24) is 0 Å². The molecule has 0 aliphatic carbocycles. The van der Waals surface area contributed by atoms with Gasteiger partial charge in [-0.25, -0.2) is 0 Å². The maximum absolute atomic E-state index is 11.1. The Morgan fingerprint density at radius 2 is 1.24 bits per heavy atom. The van der Waals surface area contributed by atoms with Gasteiger partial charge >= 0.3 is 75.4 Å². The zero-order chi connectivity index (χ0) is 10.0. The van der Waals surface area contributed by atoms with Gasteiger partial charge in [0.05, 0.1) is 6.10 Å². The van der Waals surface area contributed by atoms with Gasteiger partial charge in [0.1, 0.15) is 0 Å². The molecule has 5 unspecified atom stereocenters. The van der Waals surface area contributed by atoms with Crippen LogP contribution in [0.5, 0.6) is 0 Å². The number of hydrogen-bond acceptors (Lipinski definition) is 6. The van der Waals surface area contributed by atoms with Crippen molar-refractivity contribution in [2.24, 2.45) is 5.73 Å². The summed E-state index contributed by atoms with van der Waals surface area (Å²) in [5, 5.41) is 43.6. The number of ether oxygens (including phenoxy) is 1. The molecule has 1 rings (SSSR count). The van der Waals surface area contributed by atoms with E-state index in [2.05, 4.69) is 0 Å². The monoisotopic (exact) mass is 217 g/mol. The Kier molecular flexibility index (Phi) is 21.3. The van der Waals surface area contributed by atoms with Crippen LogP contribution in [0.25, 0.3) is 0 Å². The van der Waals surface area contributed by atoms with Gasteiger partial charge in [0.25, 0.3) is 0 Å². The van der Waals surface area contributed by atoms with E-state index in [1.807, 2.05) is 0 Å². The van der Waals surface area contributed by atoms with Crippen molar-refractivity contribution in [1.29, 1.82) is 0 Å². The number of hydrogen-bond donors (Lipinski definition) is 1. The molecule has 0 aromatic carbocycles. The van der Waals surface area contributed by atoms with Crippen molar-refractivity contribution in [2.45, 2.75) is 30.5 Å². The average Bonchev–Trinajstić information content (AvgIpc) is 2.15. The molecule has 0 spiro atoms. The molecule has 78 valence electrons. The van der Waals surface area contributed by atoms with Gasteiger partial charge in [-0.1, -0.05) is 0 Å². The van der Waals surface area contributed by atoms with Crippen LogP contribution in [0, 0.1) is 0 Å². The minimum atomic E-state index is -1.83. The van der Waals surface area contributed by atoms with Gasteiger partial charge in [-0.05, 0) is 0 Å². The Balaban J connectivity index is -0.000000211. The van der Waals surface area contributed by atoms with E-state index in [9.17, 15) is 20.4 Å². The summed E-state index contributed by atoms with van der Waals surface area (Å²) in [5.41, 5.74) is 5.15. The van der Waals surface area contributed by atoms with Crippen LogP contribution in [-0.2, 0) is 4.74 Å². The summed E-state index contributed by atoms with van der Waals surface area (Å²) in [6.07, 6.45) is -7.45. The van der Waals surface area contributed by atoms with Gasteiger partial charge < -0.3 is 30.9 Å². The molecule has 0 aromatic heterocycles. The molecule has 0 bridgehead atoms. The third-order valence-electron chi connectivity index (χ3n) is 2.13. The number of rotatable bonds is 2. The second-order valence-corrected chi connectivity index (χ2v) is 3.01. The first-order valence-corrected chi connectivity index (χ1v) is 4.03. The van der Waals surface area contributed by atoms with E-state index in [-0.39, 0.29) is 82.0 Å². The minimum Gasteiger partial charge on any atom is -0.853 e. The third kappa shape index (κ3) is 6.92. The molecule has 0 saturated carbocycles. The van der Waals surface area contributed by atoms with Crippen molar-refractivity contribution in [3.8, 4) is 0 Å². The topological polar surface area (TPSA) is 127 Å². The summed E-state index contributed by atoms with van der Waals surface area (Å²) in [5.74, 6) is 0. The van der Waals surface area contributed by atoms with E-state index in [0.717, 1.165) is 0 Å². The molecule has 10 heteroatoms. The van der Waals surface area contributed by atoms with E-state index in [1.54, 1.807) is 0 Å². The van der Waals surface area contributed by atoms with Gasteiger partial charge in [-0.3, -0.25) is 0 Å². The van der Waals surface area contributed by atoms with Gasteiger partial charge in [-0.2, -0.15) is 0 Å². The molecule has 0 radical (unpaired) electrons. The summed E-state index contributed by atoms with van der Waals surface area (Å²) in [7, 11) is 0. The van der Waals surface area contributed by atoms with Crippen LogP contribution in [0.4, 0.5) is 0 Å². The molecule has 1 aliphatic heterocycles. The van der Waals surface area contributed by atoms with Crippen LogP contribution >= 0.6 is 0 Å². The molecule has 1 heterocycles. The average molecular weight is 217 g/mol. The molecule has 1 saturated heterocycles. The summed E-state index contributed by atoms with van der Waals surface area (Å²) in [4.78, 5) is 0. The largest absolute Gasteiger partial charge is 1.00 e. The van der Waals surface area contributed by atoms with E-state index < -0.39 is 37.1 Å². The summed E-state index contributed by atoms with van der Waals surface area (Å²) in [6.45, 7) is -0.924. The second kappa shape index (κ2) is 13.1. The Bertz CT molecular complexity index is 160. The normalized spacial score (nSPS) is 35.5. The zero-order valence-electron chi connectivity index (χ0n) is 10.9. The predicted molar refractivity (Wildman–Crippen MR) is 33.9 cm³/mol. The zero-order valence-corrected chi connectivity index (χ0v) is 10.9. The van der Waals surface area contributed by atoms with Gasteiger partial charge in [0.15, 0.2) is 0 Å². The van der Waals surface area contributed by atoms with Crippen molar-refractivity contribution in [2.75, 3.05) is 13.2 Å². The van der Waals surface area contributed by atoms with Crippen LogP contribution in [0.15, 0.2) is 0 Å². The number of nitrogens with two attached hydrogens (primary N) is 1. The van der Waals surface area contributed by atoms with Crippen LogP contribution in [-0.4, -0.2) is 43.7 Å². The van der Waals surface area contributed by atoms with E-state index in [1.165, 1.54) is 0 Å². The van der Waals surface area contributed by atoms with Gasteiger partial charge in [0.2, 0.25) is 0 Å². The molecular weight excluding hydrogens is 206 g/mol. The maximum atomic E-state index is 11.1. The smallest absolute Gasteiger partial charge is 0.853 e. The first kappa shape index (κ1) is 27.5. The van der Waals surface area contributed by atoms with E-state index in [4.69, 9.17) is 10.5 Å². The fraction of sp³-hybridized carbons (Fsp3) is 1.00. The Hall–Kier alpha value is 2.15. The molecule has 17 heavy (non-hydrogen) atoms. The molecule has 1 fully saturated rings. The molecule has 2 N–H and O–H groups in total. The van der Waals surface area contributed by atoms with Gasteiger partial charge in [0, 0.05) is 12.6 Å². The van der Waals surface area contributed by atoms with Crippen molar-refractivity contribution in [3.63, 3.8) is 0 Å². The minimum absolute atomic E-state index is 0. The van der Waals surface area contributed by atoms with E-state index >= 15 is 0 Å². The molecule has 0 amide bonds. The van der Waals surface area contributed by atoms with Crippen molar-refractivity contribution < 1.29 is 101 Å². The standard InChI is InChI=1S/C7H11NO5.4Li/c8-1-3-5(10)7(12)6(11)4(2-9)13-3;;;;/h3-7H,1-2,8H2;;;;/q-4;4*+1. The SMILES string of the molecule is NCC1OC(C[O-])C([O-])C([O-])C1[O-].[Li+].[Li+].[Li+].[Li+]. The fourth-order valence-electron chi connectivity index (χ4n) is 1.31. The Morgan fingerprint density at radius 3 is 1.59 bits per heavy atom. The maximum Gasteiger partial charge on any atom is 1.00 e. The van der Waals surface area contributed by atoms with Crippen molar-refractivity contribution >= 4 is 0 Å². The van der Waals surface area contributed by atoms with E-state index in [0.29, 0.717) is 0 Å². The summed E-state index contributed by atoms with van der Waals surface area (Å²) in [6, 6.07) is 0. The van der Waals surface area contributed by atoms with Crippen LogP contribution in [0.2, 0.25) is 0 Å². The van der Waals surface area contributed by atoms with Crippen LogP contribution in [0.3, 0.4) is 0 Å². The molecule has 0 aromatic rings.